The Morgan fingerprint density at radius 2 is 2.03 bits per heavy atom. The van der Waals surface area contributed by atoms with Crippen LogP contribution in [0.2, 0.25) is 0 Å². The monoisotopic (exact) mass is 449 g/mol. The van der Waals surface area contributed by atoms with Crippen molar-refractivity contribution in [3.05, 3.63) is 54.0 Å². The number of rotatable bonds is 6. The summed E-state index contributed by atoms with van der Waals surface area (Å²) in [6.07, 6.45) is 16.6. The summed E-state index contributed by atoms with van der Waals surface area (Å²) in [5.74, 6) is 1.13. The lowest BCUT2D eigenvalue weighted by Crippen LogP contribution is -2.58. The van der Waals surface area contributed by atoms with Gasteiger partial charge in [0.2, 0.25) is 0 Å². The molecule has 4 aliphatic heterocycles. The van der Waals surface area contributed by atoms with Crippen molar-refractivity contribution in [1.29, 1.82) is 0 Å². The predicted octanol–water partition coefficient (Wildman–Crippen LogP) is 3.95. The third kappa shape index (κ3) is 4.41. The van der Waals surface area contributed by atoms with Crippen molar-refractivity contribution in [2.75, 3.05) is 39.9 Å². The highest BCUT2D eigenvalue weighted by Gasteiger charge is 2.52. The molecule has 0 amide bonds. The summed E-state index contributed by atoms with van der Waals surface area (Å²) >= 11 is 0. The van der Waals surface area contributed by atoms with Crippen LogP contribution < -0.4 is 0 Å². The van der Waals surface area contributed by atoms with E-state index in [1.54, 1.807) is 0 Å². The topological polar surface area (TPSA) is 44.2 Å². The quantitative estimate of drug-likeness (QED) is 0.658. The normalized spacial score (nSPS) is 32.8. The summed E-state index contributed by atoms with van der Waals surface area (Å²) < 4.78 is 5.53. The molecule has 33 heavy (non-hydrogen) atoms. The van der Waals surface area contributed by atoms with Crippen LogP contribution in [0, 0.1) is 6.92 Å². The molecule has 0 aliphatic carbocycles. The molecule has 0 bridgehead atoms. The molecule has 1 aromatic rings. The lowest BCUT2D eigenvalue weighted by molar-refractivity contribution is 0.0311. The number of aliphatic imine (C=N–C) groups is 1. The molecule has 0 saturated carbocycles. The summed E-state index contributed by atoms with van der Waals surface area (Å²) in [6.45, 7) is 9.62. The van der Waals surface area contributed by atoms with Crippen molar-refractivity contribution < 1.29 is 4.74 Å². The van der Waals surface area contributed by atoms with E-state index >= 15 is 0 Å². The molecular weight excluding hydrogens is 410 g/mol. The second-order valence-corrected chi connectivity index (χ2v) is 10.2. The molecule has 0 spiro atoms. The van der Waals surface area contributed by atoms with Gasteiger partial charge in [-0.15, -0.1) is 0 Å². The first-order valence-electron chi connectivity index (χ1n) is 12.7. The van der Waals surface area contributed by atoms with Gasteiger partial charge in [0.25, 0.3) is 0 Å². The fraction of sp³-hybridized carbons (Fsp3) is 0.630. The van der Waals surface area contributed by atoms with Crippen LogP contribution in [0.15, 0.2) is 47.7 Å². The van der Waals surface area contributed by atoms with Crippen LogP contribution in [0.1, 0.15) is 56.3 Å². The summed E-state index contributed by atoms with van der Waals surface area (Å²) in [4.78, 5) is 17.8. The van der Waals surface area contributed by atoms with Gasteiger partial charge in [0.1, 0.15) is 5.84 Å². The standard InChI is InChI=1S/C27H39N5O/c1-21-9-7-14-28-26(21)22-10-6-11-23(30(22)3)27(2)24(32-16-5-4-13-25(32)29-27)12-8-15-31-17-19-33-20-18-31/h4-5,7,9,13-14,16,22-24H,6,8,10-12,15,17-20H2,1-3H3/t22-,23+,24?,27?/m1/s1. The van der Waals surface area contributed by atoms with Gasteiger partial charge in [-0.25, -0.2) is 0 Å². The van der Waals surface area contributed by atoms with Gasteiger partial charge in [-0.2, -0.15) is 0 Å². The number of hydrogen-bond acceptors (Lipinski definition) is 6. The van der Waals surface area contributed by atoms with Crippen LogP contribution in [0.3, 0.4) is 0 Å². The number of fused-ring (bicyclic) bond motifs is 1. The summed E-state index contributed by atoms with van der Waals surface area (Å²) in [7, 11) is 2.31. The van der Waals surface area contributed by atoms with Gasteiger partial charge in [-0.05, 0) is 83.3 Å². The van der Waals surface area contributed by atoms with E-state index in [9.17, 15) is 0 Å². The average molecular weight is 450 g/mol. The van der Waals surface area contributed by atoms with Crippen molar-refractivity contribution in [1.82, 2.24) is 19.7 Å². The minimum atomic E-state index is -0.143. The van der Waals surface area contributed by atoms with E-state index in [0.29, 0.717) is 18.1 Å². The van der Waals surface area contributed by atoms with Crippen molar-refractivity contribution >= 4 is 5.84 Å². The highest BCUT2D eigenvalue weighted by Crippen LogP contribution is 2.44. The molecule has 5 heterocycles. The minimum absolute atomic E-state index is 0.143. The van der Waals surface area contributed by atoms with E-state index in [2.05, 4.69) is 66.1 Å². The molecule has 4 aliphatic rings. The largest absolute Gasteiger partial charge is 0.379 e. The fourth-order valence-electron chi connectivity index (χ4n) is 6.48. The number of aromatic nitrogens is 1. The van der Waals surface area contributed by atoms with Gasteiger partial charge in [-0.3, -0.25) is 19.8 Å². The van der Waals surface area contributed by atoms with E-state index < -0.39 is 0 Å². The number of morpholine rings is 1. The van der Waals surface area contributed by atoms with E-state index in [1.165, 1.54) is 36.9 Å². The Morgan fingerprint density at radius 3 is 2.85 bits per heavy atom. The molecule has 178 valence electrons. The molecule has 1 aromatic heterocycles. The molecule has 0 N–H and O–H groups in total. The molecule has 0 radical (unpaired) electrons. The second kappa shape index (κ2) is 9.69. The number of hydrogen-bond donors (Lipinski definition) is 0. The predicted molar refractivity (Wildman–Crippen MR) is 133 cm³/mol. The number of likely N-dealkylation sites (N-methyl/N-ethyl adjacent to an activating group) is 1. The number of ether oxygens (including phenoxy) is 1. The van der Waals surface area contributed by atoms with Crippen LogP contribution in [-0.4, -0.2) is 83.0 Å². The van der Waals surface area contributed by atoms with Gasteiger partial charge < -0.3 is 9.64 Å². The van der Waals surface area contributed by atoms with Gasteiger partial charge in [0.15, 0.2) is 0 Å². The Bertz CT molecular complexity index is 921. The lowest BCUT2D eigenvalue weighted by Gasteiger charge is -2.49. The number of aryl methyl sites for hydroxylation is 1. The fourth-order valence-corrected chi connectivity index (χ4v) is 6.48. The molecule has 4 atom stereocenters. The maximum Gasteiger partial charge on any atom is 0.128 e. The summed E-state index contributed by atoms with van der Waals surface area (Å²) in [6, 6.07) is 5.38. The van der Waals surface area contributed by atoms with Gasteiger partial charge >= 0.3 is 0 Å². The first kappa shape index (κ1) is 22.8. The molecule has 2 fully saturated rings. The maximum atomic E-state index is 5.53. The van der Waals surface area contributed by atoms with Gasteiger partial charge in [0, 0.05) is 31.5 Å². The highest BCUT2D eigenvalue weighted by atomic mass is 16.5. The first-order valence-corrected chi connectivity index (χ1v) is 12.7. The van der Waals surface area contributed by atoms with Crippen LogP contribution >= 0.6 is 0 Å². The molecule has 6 nitrogen and oxygen atoms in total. The third-order valence-corrected chi connectivity index (χ3v) is 8.27. The molecule has 5 rings (SSSR count). The van der Waals surface area contributed by atoms with Crippen LogP contribution in [0.4, 0.5) is 0 Å². The molecule has 6 heteroatoms. The number of likely N-dealkylation sites (tertiary alicyclic amines) is 1. The van der Waals surface area contributed by atoms with Crippen molar-refractivity contribution in [2.24, 2.45) is 4.99 Å². The summed E-state index contributed by atoms with van der Waals surface area (Å²) in [5.41, 5.74) is 2.39. The zero-order valence-electron chi connectivity index (χ0n) is 20.5. The molecular formula is C27H39N5O. The van der Waals surface area contributed by atoms with E-state index in [1.807, 2.05) is 12.3 Å². The Hall–Kier alpha value is -2.02. The Labute approximate surface area is 199 Å². The minimum Gasteiger partial charge on any atom is -0.379 e. The SMILES string of the molecule is Cc1cccnc1[C@H]1CCC[C@@H](C2(C)N=C3C=CC=CN3C2CCCN2CCOCC2)N1C. The smallest absolute Gasteiger partial charge is 0.128 e. The Kier molecular flexibility index (Phi) is 6.68. The molecule has 0 aromatic carbocycles. The zero-order chi connectivity index (χ0) is 22.8. The lowest BCUT2D eigenvalue weighted by atomic mass is 9.76. The number of piperidine rings is 1. The maximum absolute atomic E-state index is 5.53. The highest BCUT2D eigenvalue weighted by molar-refractivity contribution is 5.97. The van der Waals surface area contributed by atoms with E-state index in [-0.39, 0.29) is 5.54 Å². The molecule has 2 unspecified atom stereocenters. The van der Waals surface area contributed by atoms with Crippen LogP contribution in [0.5, 0.6) is 0 Å². The first-order chi connectivity index (χ1) is 16.1. The number of nitrogens with zero attached hydrogens (tertiary/aromatic N) is 5. The van der Waals surface area contributed by atoms with E-state index in [4.69, 9.17) is 14.7 Å². The summed E-state index contributed by atoms with van der Waals surface area (Å²) in [5, 5.41) is 0. The van der Waals surface area contributed by atoms with Crippen LogP contribution in [0.25, 0.3) is 0 Å². The Morgan fingerprint density at radius 1 is 1.18 bits per heavy atom. The Balaban J connectivity index is 1.37. The third-order valence-electron chi connectivity index (χ3n) is 8.27. The number of amidine groups is 1. The van der Waals surface area contributed by atoms with Crippen molar-refractivity contribution in [3.63, 3.8) is 0 Å². The van der Waals surface area contributed by atoms with Gasteiger partial charge in [0.05, 0.1) is 36.5 Å². The van der Waals surface area contributed by atoms with Crippen molar-refractivity contribution in [2.45, 2.75) is 69.6 Å². The van der Waals surface area contributed by atoms with Crippen LogP contribution in [-0.2, 0) is 4.74 Å². The van der Waals surface area contributed by atoms with Crippen molar-refractivity contribution in [3.8, 4) is 0 Å². The zero-order valence-corrected chi connectivity index (χ0v) is 20.5. The average Bonchev–Trinajstić information content (AvgIpc) is 3.13. The second-order valence-electron chi connectivity index (χ2n) is 10.2. The molecule has 2 saturated heterocycles. The van der Waals surface area contributed by atoms with E-state index in [0.717, 1.165) is 45.1 Å². The van der Waals surface area contributed by atoms with Gasteiger partial charge in [-0.1, -0.05) is 12.1 Å². The number of pyridine rings is 1. The number of allylic oxidation sites excluding steroid dienone is 2.